The van der Waals surface area contributed by atoms with Gasteiger partial charge in [-0.3, -0.25) is 0 Å². The Morgan fingerprint density at radius 2 is 2.44 bits per heavy atom. The molecule has 0 saturated carbocycles. The second-order valence-corrected chi connectivity index (χ2v) is 5.12. The SMILES string of the molecule is CC[C@@H]1C[C@H](C)OC[Se]1. The zero-order valence-electron chi connectivity index (χ0n) is 6.09. The summed E-state index contributed by atoms with van der Waals surface area (Å²) in [4.78, 5) is 1.00. The molecule has 1 fully saturated rings. The fraction of sp³-hybridized carbons (Fsp3) is 1.00. The Hall–Kier alpha value is 0.479. The van der Waals surface area contributed by atoms with Crippen LogP contribution in [-0.2, 0) is 4.74 Å². The van der Waals surface area contributed by atoms with Crippen molar-refractivity contribution in [1.82, 2.24) is 0 Å². The van der Waals surface area contributed by atoms with Gasteiger partial charge in [0.1, 0.15) is 0 Å². The van der Waals surface area contributed by atoms with Crippen molar-refractivity contribution in [2.45, 2.75) is 37.6 Å². The molecule has 2 heteroatoms. The minimum absolute atomic E-state index is 0.533. The zero-order valence-corrected chi connectivity index (χ0v) is 7.81. The van der Waals surface area contributed by atoms with Gasteiger partial charge in [0.25, 0.3) is 0 Å². The van der Waals surface area contributed by atoms with Gasteiger partial charge in [0.15, 0.2) is 0 Å². The first-order valence-electron chi connectivity index (χ1n) is 3.56. The first-order valence-corrected chi connectivity index (χ1v) is 5.76. The summed E-state index contributed by atoms with van der Waals surface area (Å²) in [7, 11) is 0. The third-order valence-corrected chi connectivity index (χ3v) is 4.37. The van der Waals surface area contributed by atoms with Gasteiger partial charge >= 0.3 is 62.8 Å². The van der Waals surface area contributed by atoms with Gasteiger partial charge in [0, 0.05) is 0 Å². The van der Waals surface area contributed by atoms with Crippen molar-refractivity contribution in [2.24, 2.45) is 0 Å². The zero-order chi connectivity index (χ0) is 6.69. The Morgan fingerprint density at radius 3 is 2.89 bits per heavy atom. The van der Waals surface area contributed by atoms with Crippen LogP contribution in [0.4, 0.5) is 0 Å². The van der Waals surface area contributed by atoms with E-state index < -0.39 is 0 Å². The average molecular weight is 193 g/mol. The van der Waals surface area contributed by atoms with E-state index in [1.54, 1.807) is 0 Å². The predicted molar refractivity (Wildman–Crippen MR) is 39.8 cm³/mol. The van der Waals surface area contributed by atoms with E-state index in [9.17, 15) is 0 Å². The van der Waals surface area contributed by atoms with Gasteiger partial charge < -0.3 is 0 Å². The van der Waals surface area contributed by atoms with Gasteiger partial charge in [-0.05, 0) is 0 Å². The van der Waals surface area contributed by atoms with E-state index in [0.717, 1.165) is 25.3 Å². The molecule has 0 amide bonds. The van der Waals surface area contributed by atoms with E-state index in [2.05, 4.69) is 13.8 Å². The fourth-order valence-electron chi connectivity index (χ4n) is 1.04. The van der Waals surface area contributed by atoms with Crippen LogP contribution in [0.3, 0.4) is 0 Å². The summed E-state index contributed by atoms with van der Waals surface area (Å²) in [5, 5.41) is 0. The standard InChI is InChI=1S/C7H14OSe/c1-3-7-4-6(2)8-5-9-7/h6-7H,3-5H2,1-2H3/t6-,7+/m0/s1. The minimum atomic E-state index is 0.533. The first kappa shape index (κ1) is 7.58. The Balaban J connectivity index is 2.23. The van der Waals surface area contributed by atoms with Crippen LogP contribution in [0.1, 0.15) is 26.7 Å². The molecule has 0 N–H and O–H groups in total. The van der Waals surface area contributed by atoms with Crippen LogP contribution in [0.25, 0.3) is 0 Å². The van der Waals surface area contributed by atoms with Gasteiger partial charge in [-0.25, -0.2) is 0 Å². The molecule has 1 saturated heterocycles. The van der Waals surface area contributed by atoms with Crippen LogP contribution in [0.2, 0.25) is 4.82 Å². The maximum atomic E-state index is 5.44. The molecule has 0 aromatic heterocycles. The molecule has 54 valence electrons. The summed E-state index contributed by atoms with van der Waals surface area (Å²) >= 11 is 0.779. The summed E-state index contributed by atoms with van der Waals surface area (Å²) in [6.07, 6.45) is 3.19. The average Bonchev–Trinajstić information content (AvgIpc) is 1.88. The molecule has 1 nitrogen and oxygen atoms in total. The molecular weight excluding hydrogens is 179 g/mol. The summed E-state index contributed by atoms with van der Waals surface area (Å²) in [5.41, 5.74) is 1.05. The van der Waals surface area contributed by atoms with Gasteiger partial charge in [-0.2, -0.15) is 0 Å². The second-order valence-electron chi connectivity index (χ2n) is 2.53. The summed E-state index contributed by atoms with van der Waals surface area (Å²) in [6.45, 7) is 4.46. The van der Waals surface area contributed by atoms with Crippen molar-refractivity contribution >= 4 is 15.0 Å². The molecule has 1 aliphatic rings. The second kappa shape index (κ2) is 3.60. The number of rotatable bonds is 1. The van der Waals surface area contributed by atoms with Crippen LogP contribution in [0.5, 0.6) is 0 Å². The molecule has 1 heterocycles. The molecule has 0 radical (unpaired) electrons. The third kappa shape index (κ3) is 2.29. The monoisotopic (exact) mass is 194 g/mol. The van der Waals surface area contributed by atoms with E-state index in [0.29, 0.717) is 6.10 Å². The normalized spacial score (nSPS) is 36.7. The van der Waals surface area contributed by atoms with Gasteiger partial charge in [-0.1, -0.05) is 0 Å². The topological polar surface area (TPSA) is 9.23 Å². The number of ether oxygens (including phenoxy) is 1. The van der Waals surface area contributed by atoms with Gasteiger partial charge in [-0.15, -0.1) is 0 Å². The molecule has 0 aromatic rings. The molecule has 0 aromatic carbocycles. The van der Waals surface area contributed by atoms with E-state index in [1.165, 1.54) is 12.8 Å². The van der Waals surface area contributed by atoms with Crippen molar-refractivity contribution in [3.8, 4) is 0 Å². The van der Waals surface area contributed by atoms with Crippen molar-refractivity contribution < 1.29 is 4.74 Å². The molecule has 1 aliphatic heterocycles. The number of hydrogen-bond donors (Lipinski definition) is 0. The summed E-state index contributed by atoms with van der Waals surface area (Å²) in [6, 6.07) is 0. The number of hydrogen-bond acceptors (Lipinski definition) is 1. The van der Waals surface area contributed by atoms with E-state index in [4.69, 9.17) is 4.74 Å². The molecule has 2 atom stereocenters. The maximum absolute atomic E-state index is 5.44. The Kier molecular flexibility index (Phi) is 3.03. The molecule has 0 aliphatic carbocycles. The molecule has 0 bridgehead atoms. The van der Waals surface area contributed by atoms with Crippen LogP contribution in [0.15, 0.2) is 0 Å². The van der Waals surface area contributed by atoms with Crippen LogP contribution in [-0.4, -0.2) is 26.6 Å². The Morgan fingerprint density at radius 1 is 1.67 bits per heavy atom. The Bertz CT molecular complexity index is 85.0. The molecule has 1 rings (SSSR count). The predicted octanol–water partition coefficient (Wildman–Crippen LogP) is 1.66. The van der Waals surface area contributed by atoms with Crippen LogP contribution >= 0.6 is 0 Å². The van der Waals surface area contributed by atoms with Crippen molar-refractivity contribution in [2.75, 3.05) is 5.51 Å². The molecule has 0 unspecified atom stereocenters. The van der Waals surface area contributed by atoms with Gasteiger partial charge in [0.05, 0.1) is 0 Å². The van der Waals surface area contributed by atoms with Crippen LogP contribution < -0.4 is 0 Å². The summed E-state index contributed by atoms with van der Waals surface area (Å²) in [5.74, 6) is 0. The van der Waals surface area contributed by atoms with E-state index in [1.807, 2.05) is 0 Å². The van der Waals surface area contributed by atoms with E-state index >= 15 is 0 Å². The van der Waals surface area contributed by atoms with Crippen molar-refractivity contribution in [3.63, 3.8) is 0 Å². The summed E-state index contributed by atoms with van der Waals surface area (Å²) < 4.78 is 5.44. The fourth-order valence-corrected chi connectivity index (χ4v) is 3.45. The quantitative estimate of drug-likeness (QED) is 0.575. The molecule has 0 spiro atoms. The third-order valence-electron chi connectivity index (χ3n) is 1.71. The van der Waals surface area contributed by atoms with E-state index in [-0.39, 0.29) is 0 Å². The Labute approximate surface area is 63.3 Å². The first-order chi connectivity index (χ1) is 4.33. The molecule has 9 heavy (non-hydrogen) atoms. The van der Waals surface area contributed by atoms with Crippen molar-refractivity contribution in [3.05, 3.63) is 0 Å². The van der Waals surface area contributed by atoms with Gasteiger partial charge in [0.2, 0.25) is 0 Å². The molecular formula is C7H14OSe. The van der Waals surface area contributed by atoms with Crippen LogP contribution in [0, 0.1) is 0 Å². The van der Waals surface area contributed by atoms with Crippen molar-refractivity contribution in [1.29, 1.82) is 0 Å².